The monoisotopic (exact) mass is 433 g/mol. The number of benzene rings is 2. The maximum atomic E-state index is 13.1. The van der Waals surface area contributed by atoms with Crippen molar-refractivity contribution in [2.45, 2.75) is 31.3 Å². The standard InChI is InChI=1S/C25H23NO6/c27-18(13-26-10-4-1-5-11-26)25(32)9-8-16-17(12-25)24(31)20-19(23(16)30)21(28)14-6-2-3-7-15(14)22(20)29/h1-4,6-7,30-32H,5,8-13H2/t25-/m0/s1. The van der Waals surface area contributed by atoms with Crippen LogP contribution in [0.25, 0.3) is 0 Å². The summed E-state index contributed by atoms with van der Waals surface area (Å²) in [6.07, 6.45) is 4.81. The summed E-state index contributed by atoms with van der Waals surface area (Å²) in [5.41, 5.74) is -1.39. The summed E-state index contributed by atoms with van der Waals surface area (Å²) in [4.78, 5) is 41.1. The van der Waals surface area contributed by atoms with E-state index < -0.39 is 22.9 Å². The Morgan fingerprint density at radius 3 is 2.19 bits per heavy atom. The minimum absolute atomic E-state index is 0.0625. The molecule has 0 bridgehead atoms. The van der Waals surface area contributed by atoms with Gasteiger partial charge in [-0.1, -0.05) is 36.4 Å². The number of nitrogens with zero attached hydrogens (tertiary/aromatic N) is 1. The molecule has 3 aliphatic rings. The second-order valence-electron chi connectivity index (χ2n) is 8.73. The van der Waals surface area contributed by atoms with E-state index in [4.69, 9.17) is 0 Å². The number of ketones is 3. The van der Waals surface area contributed by atoms with Crippen molar-refractivity contribution in [2.24, 2.45) is 0 Å². The van der Waals surface area contributed by atoms with Gasteiger partial charge in [0, 0.05) is 41.8 Å². The molecule has 0 unspecified atom stereocenters. The van der Waals surface area contributed by atoms with Gasteiger partial charge in [0.1, 0.15) is 17.1 Å². The van der Waals surface area contributed by atoms with Crippen LogP contribution in [0.5, 0.6) is 11.5 Å². The molecule has 0 saturated heterocycles. The number of aliphatic hydroxyl groups is 1. The number of phenols is 2. The lowest BCUT2D eigenvalue weighted by molar-refractivity contribution is -0.139. The van der Waals surface area contributed by atoms with Gasteiger partial charge < -0.3 is 15.3 Å². The van der Waals surface area contributed by atoms with Crippen molar-refractivity contribution in [1.29, 1.82) is 0 Å². The largest absolute Gasteiger partial charge is 0.507 e. The highest BCUT2D eigenvalue weighted by atomic mass is 16.3. The Hall–Kier alpha value is -3.29. The van der Waals surface area contributed by atoms with Crippen molar-refractivity contribution < 1.29 is 29.7 Å². The first-order valence-corrected chi connectivity index (χ1v) is 10.7. The highest BCUT2D eigenvalue weighted by molar-refractivity contribution is 6.30. The third kappa shape index (κ3) is 3.00. The van der Waals surface area contributed by atoms with Crippen LogP contribution in [0.3, 0.4) is 0 Å². The van der Waals surface area contributed by atoms with Gasteiger partial charge in [-0.25, -0.2) is 0 Å². The first kappa shape index (κ1) is 20.6. The van der Waals surface area contributed by atoms with Crippen LogP contribution < -0.4 is 0 Å². The molecule has 0 radical (unpaired) electrons. The van der Waals surface area contributed by atoms with Gasteiger partial charge in [0.15, 0.2) is 17.3 Å². The Morgan fingerprint density at radius 1 is 0.969 bits per heavy atom. The zero-order valence-corrected chi connectivity index (χ0v) is 17.4. The Morgan fingerprint density at radius 2 is 1.59 bits per heavy atom. The summed E-state index contributed by atoms with van der Waals surface area (Å²) in [5.74, 6) is -2.24. The number of aromatic hydroxyl groups is 2. The molecule has 1 heterocycles. The molecule has 32 heavy (non-hydrogen) atoms. The van der Waals surface area contributed by atoms with Gasteiger partial charge in [-0.3, -0.25) is 19.3 Å². The Balaban J connectivity index is 1.54. The number of hydrogen-bond acceptors (Lipinski definition) is 7. The number of carbonyl (C=O) groups excluding carboxylic acids is 3. The molecule has 1 aliphatic heterocycles. The van der Waals surface area contributed by atoms with Crippen molar-refractivity contribution in [2.75, 3.05) is 19.6 Å². The molecular weight excluding hydrogens is 410 g/mol. The summed E-state index contributed by atoms with van der Waals surface area (Å²) in [5, 5.41) is 33.1. The molecule has 2 aliphatic carbocycles. The maximum absolute atomic E-state index is 13.1. The van der Waals surface area contributed by atoms with E-state index in [0.29, 0.717) is 12.1 Å². The van der Waals surface area contributed by atoms with Gasteiger partial charge in [0.2, 0.25) is 0 Å². The fourth-order valence-corrected chi connectivity index (χ4v) is 5.01. The summed E-state index contributed by atoms with van der Waals surface area (Å²) < 4.78 is 0. The molecule has 164 valence electrons. The topological polar surface area (TPSA) is 115 Å². The molecule has 0 aromatic heterocycles. The second-order valence-corrected chi connectivity index (χ2v) is 8.73. The molecule has 0 saturated carbocycles. The van der Waals surface area contributed by atoms with Gasteiger partial charge in [0.05, 0.1) is 17.7 Å². The normalized spacial score (nSPS) is 22.3. The predicted octanol–water partition coefficient (Wildman–Crippen LogP) is 1.92. The Labute approximate surface area is 184 Å². The van der Waals surface area contributed by atoms with Gasteiger partial charge in [-0.05, 0) is 19.3 Å². The smallest absolute Gasteiger partial charge is 0.198 e. The Kier molecular flexibility index (Phi) is 4.76. The van der Waals surface area contributed by atoms with E-state index in [2.05, 4.69) is 0 Å². The minimum Gasteiger partial charge on any atom is -0.507 e. The SMILES string of the molecule is O=C1c2ccccc2C(=O)c2c(O)c3c(c(O)c21)CC[C@@](O)(C(=O)CN1CC=CCC1)C3. The first-order chi connectivity index (χ1) is 15.3. The third-order valence-corrected chi connectivity index (χ3v) is 6.82. The van der Waals surface area contributed by atoms with E-state index in [0.717, 1.165) is 13.0 Å². The predicted molar refractivity (Wildman–Crippen MR) is 115 cm³/mol. The van der Waals surface area contributed by atoms with Crippen molar-refractivity contribution in [3.63, 3.8) is 0 Å². The molecule has 7 heteroatoms. The lowest BCUT2D eigenvalue weighted by Gasteiger charge is -2.36. The van der Waals surface area contributed by atoms with Crippen molar-refractivity contribution >= 4 is 17.3 Å². The van der Waals surface area contributed by atoms with E-state index in [1.807, 2.05) is 17.1 Å². The van der Waals surface area contributed by atoms with Crippen molar-refractivity contribution in [3.05, 3.63) is 69.8 Å². The number of carbonyl (C=O) groups is 3. The zero-order valence-electron chi connectivity index (χ0n) is 17.4. The lowest BCUT2D eigenvalue weighted by atomic mass is 9.73. The summed E-state index contributed by atoms with van der Waals surface area (Å²) >= 11 is 0. The van der Waals surface area contributed by atoms with E-state index in [1.165, 1.54) is 12.1 Å². The molecule has 0 fully saturated rings. The molecular formula is C25H23NO6. The molecule has 7 nitrogen and oxygen atoms in total. The second kappa shape index (κ2) is 7.39. The van der Waals surface area contributed by atoms with Crippen LogP contribution in [-0.4, -0.2) is 62.8 Å². The molecule has 5 rings (SSSR count). The average Bonchev–Trinajstić information content (AvgIpc) is 2.80. The van der Waals surface area contributed by atoms with Gasteiger partial charge >= 0.3 is 0 Å². The summed E-state index contributed by atoms with van der Waals surface area (Å²) in [6.45, 7) is 1.44. The van der Waals surface area contributed by atoms with E-state index in [-0.39, 0.29) is 65.2 Å². The molecule has 2 aromatic carbocycles. The Bertz CT molecular complexity index is 1210. The summed E-state index contributed by atoms with van der Waals surface area (Å²) in [7, 11) is 0. The fraction of sp³-hybridized carbons (Fsp3) is 0.320. The quantitative estimate of drug-likeness (QED) is 0.427. The third-order valence-electron chi connectivity index (χ3n) is 6.82. The molecule has 2 aromatic rings. The average molecular weight is 433 g/mol. The highest BCUT2D eigenvalue weighted by Crippen LogP contribution is 2.47. The highest BCUT2D eigenvalue weighted by Gasteiger charge is 2.45. The number of hydrogen-bond donors (Lipinski definition) is 3. The molecule has 3 N–H and O–H groups in total. The number of fused-ring (bicyclic) bond motifs is 3. The summed E-state index contributed by atoms with van der Waals surface area (Å²) in [6, 6.07) is 6.27. The van der Waals surface area contributed by atoms with E-state index in [1.54, 1.807) is 12.1 Å². The van der Waals surface area contributed by atoms with Crippen LogP contribution in [-0.2, 0) is 17.6 Å². The van der Waals surface area contributed by atoms with Gasteiger partial charge in [0.25, 0.3) is 0 Å². The van der Waals surface area contributed by atoms with Crippen LogP contribution in [0.4, 0.5) is 0 Å². The van der Waals surface area contributed by atoms with Crippen LogP contribution in [0, 0.1) is 0 Å². The van der Waals surface area contributed by atoms with Crippen molar-refractivity contribution in [3.8, 4) is 11.5 Å². The first-order valence-electron chi connectivity index (χ1n) is 10.7. The van der Waals surface area contributed by atoms with Crippen LogP contribution in [0.15, 0.2) is 36.4 Å². The van der Waals surface area contributed by atoms with Gasteiger partial charge in [-0.15, -0.1) is 0 Å². The number of phenolic OH excluding ortho intramolecular Hbond substituents is 2. The maximum Gasteiger partial charge on any atom is 0.198 e. The lowest BCUT2D eigenvalue weighted by Crippen LogP contribution is -2.49. The zero-order chi connectivity index (χ0) is 22.6. The van der Waals surface area contributed by atoms with Gasteiger partial charge in [-0.2, -0.15) is 0 Å². The van der Waals surface area contributed by atoms with E-state index in [9.17, 15) is 29.7 Å². The van der Waals surface area contributed by atoms with E-state index >= 15 is 0 Å². The molecule has 1 atom stereocenters. The van der Waals surface area contributed by atoms with Crippen LogP contribution >= 0.6 is 0 Å². The van der Waals surface area contributed by atoms with Crippen LogP contribution in [0.1, 0.15) is 55.8 Å². The fourth-order valence-electron chi connectivity index (χ4n) is 5.01. The van der Waals surface area contributed by atoms with Crippen LogP contribution in [0.2, 0.25) is 0 Å². The van der Waals surface area contributed by atoms with Crippen molar-refractivity contribution in [1.82, 2.24) is 4.90 Å². The number of rotatable bonds is 3. The molecule has 0 amide bonds. The number of Topliss-reactive ketones (excluding diaryl/α,β-unsaturated/α-hetero) is 1. The minimum atomic E-state index is -1.72. The molecule has 0 spiro atoms.